The average Bonchev–Trinajstić information content (AvgIpc) is 1.98. The van der Waals surface area contributed by atoms with Gasteiger partial charge in [0.25, 0.3) is 0 Å². The van der Waals surface area contributed by atoms with Gasteiger partial charge >= 0.3 is 0 Å². The number of allylic oxidation sites excluding steroid dienone is 5. The SMILES string of the molecule is C=CC(C)/C=C\C=C/CC. The molecule has 56 valence electrons. The van der Waals surface area contributed by atoms with Crippen LogP contribution in [0.5, 0.6) is 0 Å². The minimum atomic E-state index is 0.488. The first-order valence-electron chi connectivity index (χ1n) is 3.77. The fourth-order valence-electron chi connectivity index (χ4n) is 0.533. The van der Waals surface area contributed by atoms with Crippen LogP contribution >= 0.6 is 0 Å². The molecule has 0 rings (SSSR count). The van der Waals surface area contributed by atoms with Gasteiger partial charge in [-0.1, -0.05) is 44.2 Å². The van der Waals surface area contributed by atoms with E-state index in [1.54, 1.807) is 0 Å². The highest BCUT2D eigenvalue weighted by Gasteiger charge is 1.82. The molecule has 0 aromatic carbocycles. The molecular formula is C10H16. The lowest BCUT2D eigenvalue weighted by molar-refractivity contribution is 0.944. The summed E-state index contributed by atoms with van der Waals surface area (Å²) in [7, 11) is 0. The Hall–Kier alpha value is -0.780. The molecule has 0 radical (unpaired) electrons. The maximum absolute atomic E-state index is 3.68. The lowest BCUT2D eigenvalue weighted by atomic mass is 10.1. The van der Waals surface area contributed by atoms with Crippen molar-refractivity contribution in [2.45, 2.75) is 20.3 Å². The van der Waals surface area contributed by atoms with E-state index < -0.39 is 0 Å². The predicted molar refractivity (Wildman–Crippen MR) is 47.9 cm³/mol. The highest BCUT2D eigenvalue weighted by molar-refractivity contribution is 5.06. The second-order valence-electron chi connectivity index (χ2n) is 2.32. The quantitative estimate of drug-likeness (QED) is 0.411. The minimum absolute atomic E-state index is 0.488. The fraction of sp³-hybridized carbons (Fsp3) is 0.400. The van der Waals surface area contributed by atoms with E-state index in [2.05, 4.69) is 44.7 Å². The molecule has 0 heterocycles. The molecule has 10 heavy (non-hydrogen) atoms. The molecule has 0 bridgehead atoms. The van der Waals surface area contributed by atoms with Crippen molar-refractivity contribution in [1.29, 1.82) is 0 Å². The summed E-state index contributed by atoms with van der Waals surface area (Å²) in [4.78, 5) is 0. The van der Waals surface area contributed by atoms with Crippen LogP contribution in [0.15, 0.2) is 37.0 Å². The van der Waals surface area contributed by atoms with Gasteiger partial charge in [-0.3, -0.25) is 0 Å². The Morgan fingerprint density at radius 2 is 2.10 bits per heavy atom. The summed E-state index contributed by atoms with van der Waals surface area (Å²) >= 11 is 0. The number of hydrogen-bond acceptors (Lipinski definition) is 0. The second kappa shape index (κ2) is 6.34. The lowest BCUT2D eigenvalue weighted by Gasteiger charge is -1.91. The molecule has 0 aromatic rings. The largest absolute Gasteiger partial charge is 0.102 e. The van der Waals surface area contributed by atoms with Crippen LogP contribution in [0.1, 0.15) is 20.3 Å². The molecule has 0 aliphatic heterocycles. The van der Waals surface area contributed by atoms with E-state index >= 15 is 0 Å². The van der Waals surface area contributed by atoms with Crippen LogP contribution in [-0.2, 0) is 0 Å². The van der Waals surface area contributed by atoms with Crippen LogP contribution in [0.2, 0.25) is 0 Å². The highest BCUT2D eigenvalue weighted by atomic mass is 13.9. The van der Waals surface area contributed by atoms with Gasteiger partial charge in [0.1, 0.15) is 0 Å². The van der Waals surface area contributed by atoms with Gasteiger partial charge in [-0.15, -0.1) is 6.58 Å². The van der Waals surface area contributed by atoms with E-state index in [0.29, 0.717) is 5.92 Å². The summed E-state index contributed by atoms with van der Waals surface area (Å²) in [5, 5.41) is 0. The van der Waals surface area contributed by atoms with Crippen LogP contribution < -0.4 is 0 Å². The van der Waals surface area contributed by atoms with Crippen molar-refractivity contribution in [3.63, 3.8) is 0 Å². The summed E-state index contributed by atoms with van der Waals surface area (Å²) < 4.78 is 0. The smallest absolute Gasteiger partial charge is 0.00814 e. The lowest BCUT2D eigenvalue weighted by Crippen LogP contribution is -1.77. The maximum Gasteiger partial charge on any atom is -0.00814 e. The minimum Gasteiger partial charge on any atom is -0.102 e. The summed E-state index contributed by atoms with van der Waals surface area (Å²) in [5.41, 5.74) is 0. The molecule has 1 atom stereocenters. The van der Waals surface area contributed by atoms with E-state index in [-0.39, 0.29) is 0 Å². The van der Waals surface area contributed by atoms with Crippen LogP contribution in [0.4, 0.5) is 0 Å². The summed E-state index contributed by atoms with van der Waals surface area (Å²) in [6, 6.07) is 0. The van der Waals surface area contributed by atoms with Crippen molar-refractivity contribution >= 4 is 0 Å². The monoisotopic (exact) mass is 136 g/mol. The van der Waals surface area contributed by atoms with Crippen molar-refractivity contribution in [2.24, 2.45) is 5.92 Å². The molecule has 0 heteroatoms. The first-order chi connectivity index (χ1) is 4.81. The van der Waals surface area contributed by atoms with Gasteiger partial charge in [-0.05, 0) is 12.3 Å². The van der Waals surface area contributed by atoms with Gasteiger partial charge in [0.15, 0.2) is 0 Å². The summed E-state index contributed by atoms with van der Waals surface area (Å²) in [6.45, 7) is 7.92. The van der Waals surface area contributed by atoms with Gasteiger partial charge in [0, 0.05) is 0 Å². The third-order valence-corrected chi connectivity index (χ3v) is 1.27. The Labute approximate surface area is 64.0 Å². The molecule has 0 aliphatic rings. The molecule has 0 saturated carbocycles. The third-order valence-electron chi connectivity index (χ3n) is 1.27. The topological polar surface area (TPSA) is 0 Å². The Bertz CT molecular complexity index is 129. The molecule has 0 amide bonds. The standard InChI is InChI=1S/C10H16/c1-4-6-7-8-9-10(3)5-2/h5-10H,2,4H2,1,3H3/b7-6-,9-8-. The van der Waals surface area contributed by atoms with Gasteiger partial charge < -0.3 is 0 Å². The van der Waals surface area contributed by atoms with Crippen molar-refractivity contribution in [2.75, 3.05) is 0 Å². The Kier molecular flexibility index (Phi) is 5.85. The maximum atomic E-state index is 3.68. The van der Waals surface area contributed by atoms with Crippen LogP contribution in [-0.4, -0.2) is 0 Å². The molecule has 0 spiro atoms. The third kappa shape index (κ3) is 5.36. The van der Waals surface area contributed by atoms with E-state index in [1.807, 2.05) is 6.08 Å². The normalized spacial score (nSPS) is 14.6. The number of hydrogen-bond donors (Lipinski definition) is 0. The zero-order chi connectivity index (χ0) is 7.82. The molecule has 0 aliphatic carbocycles. The first-order valence-corrected chi connectivity index (χ1v) is 3.77. The summed E-state index contributed by atoms with van der Waals surface area (Å²) in [6.07, 6.45) is 11.4. The second-order valence-corrected chi connectivity index (χ2v) is 2.32. The summed E-state index contributed by atoms with van der Waals surface area (Å²) in [5.74, 6) is 0.488. The molecule has 0 saturated heterocycles. The fourth-order valence-corrected chi connectivity index (χ4v) is 0.533. The average molecular weight is 136 g/mol. The molecule has 0 aromatic heterocycles. The van der Waals surface area contributed by atoms with Crippen molar-refractivity contribution in [3.8, 4) is 0 Å². The Morgan fingerprint density at radius 3 is 2.60 bits per heavy atom. The molecule has 0 nitrogen and oxygen atoms in total. The van der Waals surface area contributed by atoms with Crippen molar-refractivity contribution < 1.29 is 0 Å². The van der Waals surface area contributed by atoms with Gasteiger partial charge in [0.05, 0.1) is 0 Å². The Balaban J connectivity index is 3.54. The van der Waals surface area contributed by atoms with Gasteiger partial charge in [-0.2, -0.15) is 0 Å². The molecule has 1 unspecified atom stereocenters. The zero-order valence-electron chi connectivity index (χ0n) is 6.88. The van der Waals surface area contributed by atoms with E-state index in [4.69, 9.17) is 0 Å². The van der Waals surface area contributed by atoms with E-state index in [9.17, 15) is 0 Å². The Morgan fingerprint density at radius 1 is 1.40 bits per heavy atom. The predicted octanol–water partition coefficient (Wildman–Crippen LogP) is 3.33. The van der Waals surface area contributed by atoms with Crippen molar-refractivity contribution in [3.05, 3.63) is 37.0 Å². The molecular weight excluding hydrogens is 120 g/mol. The van der Waals surface area contributed by atoms with Crippen molar-refractivity contribution in [1.82, 2.24) is 0 Å². The van der Waals surface area contributed by atoms with E-state index in [1.165, 1.54) is 0 Å². The van der Waals surface area contributed by atoms with Gasteiger partial charge in [-0.25, -0.2) is 0 Å². The van der Waals surface area contributed by atoms with Gasteiger partial charge in [0.2, 0.25) is 0 Å². The van der Waals surface area contributed by atoms with Crippen LogP contribution in [0.25, 0.3) is 0 Å². The zero-order valence-corrected chi connectivity index (χ0v) is 6.88. The molecule has 0 fully saturated rings. The van der Waals surface area contributed by atoms with Crippen LogP contribution in [0.3, 0.4) is 0 Å². The number of rotatable bonds is 4. The van der Waals surface area contributed by atoms with E-state index in [0.717, 1.165) is 6.42 Å². The highest BCUT2D eigenvalue weighted by Crippen LogP contribution is 1.96. The molecule has 0 N–H and O–H groups in total. The van der Waals surface area contributed by atoms with Crippen LogP contribution in [0, 0.1) is 5.92 Å². The first kappa shape index (κ1) is 9.22.